The molecule has 0 spiro atoms. The van der Waals surface area contributed by atoms with E-state index in [1.807, 2.05) is 6.92 Å². The molecule has 0 saturated carbocycles. The van der Waals surface area contributed by atoms with Gasteiger partial charge in [-0.2, -0.15) is 0 Å². The summed E-state index contributed by atoms with van der Waals surface area (Å²) in [6.07, 6.45) is 2.88. The average Bonchev–Trinajstić information content (AvgIpc) is 2.90. The lowest BCUT2D eigenvalue weighted by Crippen LogP contribution is -2.41. The Morgan fingerprint density at radius 1 is 1.50 bits per heavy atom. The second-order valence-electron chi connectivity index (χ2n) is 5.51. The lowest BCUT2D eigenvalue weighted by atomic mass is 9.88. The second-order valence-corrected chi connectivity index (χ2v) is 8.42. The van der Waals surface area contributed by atoms with Crippen molar-refractivity contribution in [1.82, 2.24) is 9.62 Å². The summed E-state index contributed by atoms with van der Waals surface area (Å²) in [5.41, 5.74) is 0. The molecule has 1 N–H and O–H groups in total. The molecule has 0 bridgehead atoms. The predicted octanol–water partition coefficient (Wildman–Crippen LogP) is 2.46. The summed E-state index contributed by atoms with van der Waals surface area (Å²) in [5.74, 6) is 0.582. The fourth-order valence-corrected chi connectivity index (χ4v) is 5.09. The molecule has 6 heteroatoms. The molecule has 0 aromatic carbocycles. The summed E-state index contributed by atoms with van der Waals surface area (Å²) in [7, 11) is -0.970. The van der Waals surface area contributed by atoms with Crippen molar-refractivity contribution in [3.8, 4) is 0 Å². The van der Waals surface area contributed by atoms with Gasteiger partial charge in [0.2, 0.25) is 10.0 Å². The van der Waals surface area contributed by atoms with E-state index in [1.54, 1.807) is 11.3 Å². The zero-order valence-electron chi connectivity index (χ0n) is 12.2. The number of hydrogen-bond acceptors (Lipinski definition) is 4. The molecule has 4 nitrogen and oxygen atoms in total. The Morgan fingerprint density at radius 2 is 2.30 bits per heavy atom. The van der Waals surface area contributed by atoms with Gasteiger partial charge in [0.1, 0.15) is 0 Å². The van der Waals surface area contributed by atoms with Crippen LogP contribution in [0.3, 0.4) is 0 Å². The van der Waals surface area contributed by atoms with Crippen molar-refractivity contribution >= 4 is 21.4 Å². The summed E-state index contributed by atoms with van der Waals surface area (Å²) in [6, 6.07) is 4.57. The predicted molar refractivity (Wildman–Crippen MR) is 84.5 cm³/mol. The molecule has 0 aliphatic carbocycles. The van der Waals surface area contributed by atoms with E-state index in [9.17, 15) is 8.42 Å². The summed E-state index contributed by atoms with van der Waals surface area (Å²) in [5, 5.41) is 2.09. The van der Waals surface area contributed by atoms with E-state index in [1.165, 1.54) is 4.88 Å². The quantitative estimate of drug-likeness (QED) is 0.877. The Balaban J connectivity index is 2.04. The van der Waals surface area contributed by atoms with Crippen LogP contribution >= 0.6 is 11.3 Å². The fraction of sp³-hybridized carbons (Fsp3) is 0.714. The molecular formula is C14H24N2O2S2. The molecule has 1 aliphatic rings. The molecule has 2 rings (SSSR count). The second kappa shape index (κ2) is 7.02. The van der Waals surface area contributed by atoms with Crippen LogP contribution in [0.4, 0.5) is 0 Å². The Kier molecular flexibility index (Phi) is 5.60. The highest BCUT2D eigenvalue weighted by Gasteiger charge is 2.31. The molecular weight excluding hydrogens is 292 g/mol. The molecule has 1 fully saturated rings. The van der Waals surface area contributed by atoms with Gasteiger partial charge in [-0.05, 0) is 50.2 Å². The SMILES string of the molecule is CCCS(=O)(=O)NC[C@H]1CCCN(C)[C@@H]1c1cccs1. The lowest BCUT2D eigenvalue weighted by molar-refractivity contribution is 0.126. The number of piperidine rings is 1. The molecule has 0 unspecified atom stereocenters. The number of nitrogens with zero attached hydrogens (tertiary/aromatic N) is 1. The van der Waals surface area contributed by atoms with Crippen molar-refractivity contribution in [3.05, 3.63) is 22.4 Å². The minimum atomic E-state index is -3.11. The van der Waals surface area contributed by atoms with Crippen molar-refractivity contribution in [2.45, 2.75) is 32.2 Å². The third-order valence-electron chi connectivity index (χ3n) is 3.88. The molecule has 1 aromatic heterocycles. The smallest absolute Gasteiger partial charge is 0.211 e. The van der Waals surface area contributed by atoms with Gasteiger partial charge in [-0.25, -0.2) is 13.1 Å². The van der Waals surface area contributed by atoms with Crippen molar-refractivity contribution < 1.29 is 8.42 Å². The highest BCUT2D eigenvalue weighted by atomic mass is 32.2. The maximum absolute atomic E-state index is 11.8. The first-order valence-electron chi connectivity index (χ1n) is 7.24. The molecule has 1 saturated heterocycles. The summed E-state index contributed by atoms with van der Waals surface area (Å²) >= 11 is 1.76. The van der Waals surface area contributed by atoms with Gasteiger partial charge in [-0.15, -0.1) is 11.3 Å². The standard InChI is InChI=1S/C14H24N2O2S2/c1-3-10-20(17,18)15-11-12-6-4-8-16(2)14(12)13-7-5-9-19-13/h5,7,9,12,14-15H,3-4,6,8,10-11H2,1-2H3/t12-,14+/m1/s1. The van der Waals surface area contributed by atoms with Crippen LogP contribution in [0.1, 0.15) is 37.1 Å². The molecule has 0 radical (unpaired) electrons. The molecule has 1 aromatic rings. The van der Waals surface area contributed by atoms with Crippen molar-refractivity contribution in [2.24, 2.45) is 5.92 Å². The zero-order chi connectivity index (χ0) is 14.6. The van der Waals surface area contributed by atoms with Crippen LogP contribution in [0, 0.1) is 5.92 Å². The van der Waals surface area contributed by atoms with Crippen LogP contribution < -0.4 is 4.72 Å². The summed E-state index contributed by atoms with van der Waals surface area (Å²) in [6.45, 7) is 3.53. The molecule has 2 atom stereocenters. The van der Waals surface area contributed by atoms with Gasteiger partial charge < -0.3 is 0 Å². The van der Waals surface area contributed by atoms with E-state index in [4.69, 9.17) is 0 Å². The van der Waals surface area contributed by atoms with Crippen molar-refractivity contribution in [2.75, 3.05) is 25.9 Å². The van der Waals surface area contributed by atoms with E-state index >= 15 is 0 Å². The number of rotatable bonds is 6. The number of nitrogens with one attached hydrogen (secondary N) is 1. The van der Waals surface area contributed by atoms with Crippen LogP contribution in [0.15, 0.2) is 17.5 Å². The van der Waals surface area contributed by atoms with Crippen LogP contribution in [-0.4, -0.2) is 39.2 Å². The van der Waals surface area contributed by atoms with Gasteiger partial charge >= 0.3 is 0 Å². The number of thiophene rings is 1. The minimum absolute atomic E-state index is 0.221. The van der Waals surface area contributed by atoms with Gasteiger partial charge in [0.25, 0.3) is 0 Å². The van der Waals surface area contributed by atoms with Crippen molar-refractivity contribution in [3.63, 3.8) is 0 Å². The highest BCUT2D eigenvalue weighted by Crippen LogP contribution is 2.36. The molecule has 2 heterocycles. The Bertz CT molecular complexity index is 499. The van der Waals surface area contributed by atoms with Gasteiger partial charge in [0.05, 0.1) is 5.75 Å². The van der Waals surface area contributed by atoms with Crippen LogP contribution in [0.2, 0.25) is 0 Å². The molecule has 0 amide bonds. The van der Waals surface area contributed by atoms with Crippen molar-refractivity contribution in [1.29, 1.82) is 0 Å². The Hall–Kier alpha value is -0.430. The van der Waals surface area contributed by atoms with Crippen LogP contribution in [0.25, 0.3) is 0 Å². The largest absolute Gasteiger partial charge is 0.298 e. The van der Waals surface area contributed by atoms with Gasteiger partial charge in [-0.1, -0.05) is 13.0 Å². The zero-order valence-corrected chi connectivity index (χ0v) is 13.8. The van der Waals surface area contributed by atoms with E-state index in [0.717, 1.165) is 19.4 Å². The minimum Gasteiger partial charge on any atom is -0.298 e. The Labute approximate surface area is 126 Å². The highest BCUT2D eigenvalue weighted by molar-refractivity contribution is 7.89. The van der Waals surface area contributed by atoms with Gasteiger partial charge in [0.15, 0.2) is 0 Å². The third kappa shape index (κ3) is 4.04. The van der Waals surface area contributed by atoms with E-state index in [-0.39, 0.29) is 5.75 Å². The maximum atomic E-state index is 11.8. The normalized spacial score (nSPS) is 24.9. The first-order chi connectivity index (χ1) is 9.53. The molecule has 20 heavy (non-hydrogen) atoms. The summed E-state index contributed by atoms with van der Waals surface area (Å²) < 4.78 is 26.4. The van der Waals surface area contributed by atoms with E-state index in [2.05, 4.69) is 34.2 Å². The first kappa shape index (κ1) is 15.9. The van der Waals surface area contributed by atoms with E-state index < -0.39 is 10.0 Å². The topological polar surface area (TPSA) is 49.4 Å². The van der Waals surface area contributed by atoms with Gasteiger partial charge in [-0.3, -0.25) is 4.90 Å². The fourth-order valence-electron chi connectivity index (χ4n) is 2.96. The lowest BCUT2D eigenvalue weighted by Gasteiger charge is -2.38. The summed E-state index contributed by atoms with van der Waals surface area (Å²) in [4.78, 5) is 3.69. The number of sulfonamides is 1. The third-order valence-corrected chi connectivity index (χ3v) is 6.38. The molecule has 1 aliphatic heterocycles. The average molecular weight is 316 g/mol. The molecule has 114 valence electrons. The van der Waals surface area contributed by atoms with Crippen LogP contribution in [0.5, 0.6) is 0 Å². The van der Waals surface area contributed by atoms with E-state index in [0.29, 0.717) is 24.9 Å². The van der Waals surface area contributed by atoms with Gasteiger partial charge in [0, 0.05) is 17.5 Å². The first-order valence-corrected chi connectivity index (χ1v) is 9.77. The maximum Gasteiger partial charge on any atom is 0.211 e. The number of hydrogen-bond donors (Lipinski definition) is 1. The monoisotopic (exact) mass is 316 g/mol. The van der Waals surface area contributed by atoms with Crippen LogP contribution in [-0.2, 0) is 10.0 Å². The Morgan fingerprint density at radius 3 is 2.95 bits per heavy atom. The number of likely N-dealkylation sites (tertiary alicyclic amines) is 1.